The maximum absolute atomic E-state index is 10.4. The van der Waals surface area contributed by atoms with Gasteiger partial charge in [0.1, 0.15) is 18.2 Å². The Bertz CT molecular complexity index is 283. The van der Waals surface area contributed by atoms with E-state index in [0.29, 0.717) is 5.82 Å². The number of hydrogen-bond donors (Lipinski definition) is 2. The summed E-state index contributed by atoms with van der Waals surface area (Å²) in [7, 11) is 0. The highest BCUT2D eigenvalue weighted by atomic mass is 16.4. The third-order valence-electron chi connectivity index (χ3n) is 1.50. The number of rotatable bonds is 3. The van der Waals surface area contributed by atoms with Crippen molar-refractivity contribution in [3.8, 4) is 0 Å². The fraction of sp³-hybridized carbons (Fsp3) is 0.500. The molecular formula is C6H10N4O2. The topological polar surface area (TPSA) is 94.0 Å². The van der Waals surface area contributed by atoms with E-state index in [1.165, 1.54) is 11.0 Å². The number of nitrogens with two attached hydrogens (primary N) is 1. The molecule has 0 aliphatic rings. The van der Waals surface area contributed by atoms with Crippen LogP contribution in [0.4, 0.5) is 0 Å². The summed E-state index contributed by atoms with van der Waals surface area (Å²) in [6.45, 7) is 1.89. The summed E-state index contributed by atoms with van der Waals surface area (Å²) in [5, 5.41) is 12.3. The summed E-state index contributed by atoms with van der Waals surface area (Å²) >= 11 is 0. The van der Waals surface area contributed by atoms with Crippen molar-refractivity contribution in [1.29, 1.82) is 0 Å². The summed E-state index contributed by atoms with van der Waals surface area (Å²) in [5.74, 6) is -0.378. The summed E-state index contributed by atoms with van der Waals surface area (Å²) in [6.07, 6.45) is 1.36. The molecule has 1 atom stereocenters. The second-order valence-corrected chi connectivity index (χ2v) is 2.43. The van der Waals surface area contributed by atoms with Crippen LogP contribution in [-0.4, -0.2) is 31.9 Å². The second kappa shape index (κ2) is 3.31. The van der Waals surface area contributed by atoms with Gasteiger partial charge in [0.2, 0.25) is 0 Å². The highest BCUT2D eigenvalue weighted by Crippen LogP contribution is 1.92. The molecule has 3 N–H and O–H groups in total. The van der Waals surface area contributed by atoms with E-state index < -0.39 is 12.0 Å². The third-order valence-corrected chi connectivity index (χ3v) is 1.50. The molecule has 0 saturated carbocycles. The first-order chi connectivity index (χ1) is 5.61. The van der Waals surface area contributed by atoms with Crippen molar-refractivity contribution in [1.82, 2.24) is 14.8 Å². The van der Waals surface area contributed by atoms with E-state index in [9.17, 15) is 4.79 Å². The van der Waals surface area contributed by atoms with E-state index in [0.717, 1.165) is 0 Å². The van der Waals surface area contributed by atoms with E-state index in [2.05, 4.69) is 10.1 Å². The minimum Gasteiger partial charge on any atom is -0.480 e. The summed E-state index contributed by atoms with van der Waals surface area (Å²) in [4.78, 5) is 14.2. The van der Waals surface area contributed by atoms with Crippen LogP contribution >= 0.6 is 0 Å². The largest absolute Gasteiger partial charge is 0.480 e. The average molecular weight is 170 g/mol. The van der Waals surface area contributed by atoms with Gasteiger partial charge in [-0.3, -0.25) is 4.79 Å². The van der Waals surface area contributed by atoms with Crippen LogP contribution in [0.15, 0.2) is 6.33 Å². The van der Waals surface area contributed by atoms with Crippen molar-refractivity contribution in [2.75, 3.05) is 0 Å². The number of carboxylic acid groups (broad SMARTS) is 1. The molecule has 0 fully saturated rings. The van der Waals surface area contributed by atoms with Crippen LogP contribution in [0.3, 0.4) is 0 Å². The summed E-state index contributed by atoms with van der Waals surface area (Å²) in [5.41, 5.74) is 5.29. The second-order valence-electron chi connectivity index (χ2n) is 2.43. The third kappa shape index (κ3) is 1.79. The van der Waals surface area contributed by atoms with Crippen molar-refractivity contribution >= 4 is 5.97 Å². The number of carbonyl (C=O) groups is 1. The first-order valence-electron chi connectivity index (χ1n) is 3.44. The maximum Gasteiger partial charge on any atom is 0.322 e. The zero-order valence-corrected chi connectivity index (χ0v) is 6.64. The normalized spacial score (nSPS) is 12.8. The Morgan fingerprint density at radius 1 is 1.92 bits per heavy atom. The Hall–Kier alpha value is -1.43. The molecule has 1 rings (SSSR count). The highest BCUT2D eigenvalue weighted by molar-refractivity contribution is 5.72. The Morgan fingerprint density at radius 3 is 3.00 bits per heavy atom. The van der Waals surface area contributed by atoms with Gasteiger partial charge in [-0.25, -0.2) is 9.67 Å². The molecule has 0 spiro atoms. The van der Waals surface area contributed by atoms with E-state index in [-0.39, 0.29) is 6.54 Å². The van der Waals surface area contributed by atoms with Gasteiger partial charge < -0.3 is 10.8 Å². The predicted molar refractivity (Wildman–Crippen MR) is 40.4 cm³/mol. The van der Waals surface area contributed by atoms with Gasteiger partial charge in [0.25, 0.3) is 0 Å². The van der Waals surface area contributed by atoms with Crippen molar-refractivity contribution in [3.63, 3.8) is 0 Å². The van der Waals surface area contributed by atoms with Crippen molar-refractivity contribution < 1.29 is 9.90 Å². The van der Waals surface area contributed by atoms with Crippen molar-refractivity contribution in [2.45, 2.75) is 19.5 Å². The molecule has 1 unspecified atom stereocenters. The standard InChI is InChI=1S/C6H10N4O2/c1-4-8-3-9-10(4)2-5(7)6(11)12/h3,5H,2,7H2,1H3,(H,11,12). The summed E-state index contributed by atoms with van der Waals surface area (Å²) in [6, 6.07) is -0.926. The molecular weight excluding hydrogens is 160 g/mol. The Kier molecular flexibility index (Phi) is 2.39. The lowest BCUT2D eigenvalue weighted by atomic mass is 10.3. The van der Waals surface area contributed by atoms with Crippen LogP contribution in [0.25, 0.3) is 0 Å². The molecule has 0 amide bonds. The molecule has 12 heavy (non-hydrogen) atoms. The Morgan fingerprint density at radius 2 is 2.58 bits per heavy atom. The molecule has 0 bridgehead atoms. The maximum atomic E-state index is 10.4. The first kappa shape index (κ1) is 8.66. The van der Waals surface area contributed by atoms with E-state index in [1.807, 2.05) is 0 Å². The number of carboxylic acids is 1. The molecule has 0 aromatic carbocycles. The minimum absolute atomic E-state index is 0.154. The van der Waals surface area contributed by atoms with E-state index in [4.69, 9.17) is 10.8 Å². The molecule has 66 valence electrons. The van der Waals surface area contributed by atoms with Gasteiger partial charge in [0, 0.05) is 0 Å². The quantitative estimate of drug-likeness (QED) is 0.606. The van der Waals surface area contributed by atoms with Gasteiger partial charge in [-0.05, 0) is 6.92 Å². The molecule has 1 aromatic rings. The molecule has 1 heterocycles. The van der Waals surface area contributed by atoms with Crippen LogP contribution in [0, 0.1) is 6.92 Å². The summed E-state index contributed by atoms with van der Waals surface area (Å²) < 4.78 is 1.46. The van der Waals surface area contributed by atoms with Crippen LogP contribution in [0.1, 0.15) is 5.82 Å². The predicted octanol–water partition coefficient (Wildman–Crippen LogP) is -1.00. The number of nitrogens with zero attached hydrogens (tertiary/aromatic N) is 3. The van der Waals surface area contributed by atoms with E-state index >= 15 is 0 Å². The zero-order chi connectivity index (χ0) is 9.14. The molecule has 0 radical (unpaired) electrons. The zero-order valence-electron chi connectivity index (χ0n) is 6.64. The van der Waals surface area contributed by atoms with Gasteiger partial charge in [-0.1, -0.05) is 0 Å². The number of aliphatic carboxylic acids is 1. The number of aromatic nitrogens is 3. The Labute approximate surface area is 69.0 Å². The van der Waals surface area contributed by atoms with Gasteiger partial charge in [-0.15, -0.1) is 0 Å². The number of aryl methyl sites for hydroxylation is 1. The van der Waals surface area contributed by atoms with Gasteiger partial charge in [0.15, 0.2) is 0 Å². The van der Waals surface area contributed by atoms with Crippen molar-refractivity contribution in [2.24, 2.45) is 5.73 Å². The lowest BCUT2D eigenvalue weighted by molar-refractivity contribution is -0.138. The van der Waals surface area contributed by atoms with E-state index in [1.54, 1.807) is 6.92 Å². The fourth-order valence-electron chi connectivity index (χ4n) is 0.766. The molecule has 6 heteroatoms. The van der Waals surface area contributed by atoms with Gasteiger partial charge >= 0.3 is 5.97 Å². The number of hydrogen-bond acceptors (Lipinski definition) is 4. The lowest BCUT2D eigenvalue weighted by Crippen LogP contribution is -2.35. The minimum atomic E-state index is -1.04. The molecule has 0 aliphatic heterocycles. The SMILES string of the molecule is Cc1ncnn1CC(N)C(=O)O. The molecule has 0 aliphatic carbocycles. The fourth-order valence-corrected chi connectivity index (χ4v) is 0.766. The molecule has 0 saturated heterocycles. The smallest absolute Gasteiger partial charge is 0.322 e. The Balaban J connectivity index is 2.64. The molecule has 1 aromatic heterocycles. The lowest BCUT2D eigenvalue weighted by Gasteiger charge is -2.06. The highest BCUT2D eigenvalue weighted by Gasteiger charge is 2.13. The van der Waals surface area contributed by atoms with Crippen LogP contribution in [0.2, 0.25) is 0 Å². The van der Waals surface area contributed by atoms with Gasteiger partial charge in [0.05, 0.1) is 6.54 Å². The monoisotopic (exact) mass is 170 g/mol. The van der Waals surface area contributed by atoms with Crippen LogP contribution < -0.4 is 5.73 Å². The van der Waals surface area contributed by atoms with Crippen LogP contribution in [-0.2, 0) is 11.3 Å². The first-order valence-corrected chi connectivity index (χ1v) is 3.44. The average Bonchev–Trinajstić information content (AvgIpc) is 2.36. The van der Waals surface area contributed by atoms with Crippen molar-refractivity contribution in [3.05, 3.63) is 12.2 Å². The molecule has 6 nitrogen and oxygen atoms in total. The van der Waals surface area contributed by atoms with Gasteiger partial charge in [-0.2, -0.15) is 5.10 Å². The van der Waals surface area contributed by atoms with Crippen LogP contribution in [0.5, 0.6) is 0 Å².